The van der Waals surface area contributed by atoms with Crippen molar-refractivity contribution >= 4 is 29.2 Å². The number of non-ortho nitro benzene ring substituents is 1. The zero-order chi connectivity index (χ0) is 23.7. The highest BCUT2D eigenvalue weighted by atomic mass is 16.6. The Hall–Kier alpha value is -4.14. The van der Waals surface area contributed by atoms with E-state index in [0.717, 1.165) is 27.7 Å². The second-order valence-corrected chi connectivity index (χ2v) is 8.15. The molecule has 0 aromatic heterocycles. The first kappa shape index (κ1) is 22.1. The number of ketones is 1. The average molecular weight is 447 g/mol. The molecule has 0 saturated carbocycles. The Morgan fingerprint density at radius 3 is 2.27 bits per heavy atom. The molecule has 0 unspecified atom stereocenters. The van der Waals surface area contributed by atoms with E-state index < -0.39 is 46.8 Å². The molecule has 2 aliphatic rings. The van der Waals surface area contributed by atoms with Gasteiger partial charge in [-0.15, -0.1) is 0 Å². The van der Waals surface area contributed by atoms with Crippen LogP contribution < -0.4 is 0 Å². The van der Waals surface area contributed by atoms with E-state index in [2.05, 4.69) is 0 Å². The Balaban J connectivity index is 1.69. The molecule has 4 rings (SSSR count). The first-order chi connectivity index (χ1) is 15.8. The molecule has 3 amide bonds. The molecule has 0 N–H and O–H groups in total. The highest BCUT2D eigenvalue weighted by Gasteiger charge is 2.51. The number of hydrazine groups is 1. The van der Waals surface area contributed by atoms with E-state index in [9.17, 15) is 29.3 Å². The number of fused-ring (bicyclic) bond motifs is 1. The quantitative estimate of drug-likeness (QED) is 0.221. The summed E-state index contributed by atoms with van der Waals surface area (Å²) < 4.78 is 0. The molecule has 0 bridgehead atoms. The summed E-state index contributed by atoms with van der Waals surface area (Å²) in [4.78, 5) is 63.1. The lowest BCUT2D eigenvalue weighted by molar-refractivity contribution is -0.384. The van der Waals surface area contributed by atoms with Gasteiger partial charge in [-0.05, 0) is 31.9 Å². The number of nitro benzene ring substituents is 1. The normalized spacial score (nSPS) is 19.7. The summed E-state index contributed by atoms with van der Waals surface area (Å²) >= 11 is 0. The summed E-state index contributed by atoms with van der Waals surface area (Å²) in [6.07, 6.45) is 2.72. The van der Waals surface area contributed by atoms with Gasteiger partial charge in [-0.3, -0.25) is 29.3 Å². The van der Waals surface area contributed by atoms with Gasteiger partial charge in [-0.1, -0.05) is 42.0 Å². The number of nitro groups is 1. The zero-order valence-electron chi connectivity index (χ0n) is 17.8. The lowest BCUT2D eigenvalue weighted by atomic mass is 9.82. The number of carbonyl (C=O) groups is 4. The van der Waals surface area contributed by atoms with Crippen LogP contribution in [0.5, 0.6) is 0 Å². The van der Waals surface area contributed by atoms with Crippen molar-refractivity contribution in [2.75, 3.05) is 6.54 Å². The number of nitrogens with zero attached hydrogens (tertiary/aromatic N) is 3. The summed E-state index contributed by atoms with van der Waals surface area (Å²) in [5, 5.41) is 12.6. The van der Waals surface area contributed by atoms with Crippen LogP contribution in [0.2, 0.25) is 0 Å². The van der Waals surface area contributed by atoms with Crippen LogP contribution in [0, 0.1) is 22.0 Å². The van der Waals surface area contributed by atoms with Crippen LogP contribution in [-0.2, 0) is 9.59 Å². The topological polar surface area (TPSA) is 118 Å². The van der Waals surface area contributed by atoms with Gasteiger partial charge in [0, 0.05) is 23.3 Å². The molecule has 1 heterocycles. The van der Waals surface area contributed by atoms with Crippen LogP contribution in [0.25, 0.3) is 0 Å². The molecule has 33 heavy (non-hydrogen) atoms. The Morgan fingerprint density at radius 2 is 1.64 bits per heavy atom. The number of hydrogen-bond acceptors (Lipinski definition) is 6. The Kier molecular flexibility index (Phi) is 5.87. The van der Waals surface area contributed by atoms with Crippen LogP contribution in [0.4, 0.5) is 5.69 Å². The maximum atomic E-state index is 13.4. The molecule has 1 fully saturated rings. The lowest BCUT2D eigenvalue weighted by Gasteiger charge is -2.30. The van der Waals surface area contributed by atoms with Gasteiger partial charge in [0.15, 0.2) is 5.78 Å². The Morgan fingerprint density at radius 1 is 1.00 bits per heavy atom. The number of imide groups is 1. The van der Waals surface area contributed by atoms with Gasteiger partial charge < -0.3 is 0 Å². The van der Waals surface area contributed by atoms with Crippen molar-refractivity contribution in [3.05, 3.63) is 87.5 Å². The van der Waals surface area contributed by atoms with E-state index >= 15 is 0 Å². The van der Waals surface area contributed by atoms with Crippen molar-refractivity contribution < 1.29 is 24.1 Å². The van der Waals surface area contributed by atoms with Gasteiger partial charge in [0.05, 0.1) is 16.8 Å². The van der Waals surface area contributed by atoms with Crippen molar-refractivity contribution in [1.29, 1.82) is 0 Å². The third-order valence-electron chi connectivity index (χ3n) is 5.99. The zero-order valence-corrected chi connectivity index (χ0v) is 17.8. The number of carbonyl (C=O) groups excluding carboxylic acids is 4. The number of Topliss-reactive ketones (excluding diaryl/α,β-unsaturated/α-hetero) is 1. The largest absolute Gasteiger partial charge is 0.292 e. The van der Waals surface area contributed by atoms with Crippen LogP contribution in [0.3, 0.4) is 0 Å². The summed E-state index contributed by atoms with van der Waals surface area (Å²) in [5.74, 6) is -3.42. The first-order valence-electron chi connectivity index (χ1n) is 10.5. The Bertz CT molecular complexity index is 1170. The highest BCUT2D eigenvalue weighted by molar-refractivity contribution is 6.09. The molecule has 0 spiro atoms. The fourth-order valence-electron chi connectivity index (χ4n) is 4.22. The minimum Gasteiger partial charge on any atom is -0.292 e. The number of amides is 3. The fraction of sp³-hybridized carbons (Fsp3) is 0.250. The monoisotopic (exact) mass is 447 g/mol. The molecule has 1 aliphatic carbocycles. The molecule has 2 aromatic rings. The number of hydrogen-bond donors (Lipinski definition) is 0. The van der Waals surface area contributed by atoms with E-state index in [0.29, 0.717) is 18.4 Å². The molecule has 1 saturated heterocycles. The van der Waals surface area contributed by atoms with E-state index in [1.807, 2.05) is 13.0 Å². The van der Waals surface area contributed by atoms with Gasteiger partial charge in [0.2, 0.25) is 0 Å². The molecule has 9 nitrogen and oxygen atoms in total. The number of rotatable bonds is 6. The second kappa shape index (κ2) is 8.78. The number of allylic oxidation sites excluding steroid dienone is 2. The maximum absolute atomic E-state index is 13.4. The molecular weight excluding hydrogens is 426 g/mol. The predicted molar refractivity (Wildman–Crippen MR) is 117 cm³/mol. The molecular formula is C24H21N3O6. The molecule has 0 radical (unpaired) electrons. The van der Waals surface area contributed by atoms with Gasteiger partial charge in [-0.2, -0.15) is 5.01 Å². The minimum absolute atomic E-state index is 0.0197. The summed E-state index contributed by atoms with van der Waals surface area (Å²) in [7, 11) is 0. The lowest BCUT2D eigenvalue weighted by Crippen LogP contribution is -2.52. The van der Waals surface area contributed by atoms with Crippen molar-refractivity contribution in [3.8, 4) is 0 Å². The minimum atomic E-state index is -0.765. The molecule has 2 atom stereocenters. The predicted octanol–water partition coefficient (Wildman–Crippen LogP) is 3.18. The Labute approximate surface area is 189 Å². The summed E-state index contributed by atoms with van der Waals surface area (Å²) in [6, 6.07) is 13.0. The maximum Gasteiger partial charge on any atom is 0.273 e. The first-order valence-corrected chi connectivity index (χ1v) is 10.5. The third-order valence-corrected chi connectivity index (χ3v) is 5.99. The van der Waals surface area contributed by atoms with Gasteiger partial charge in [0.25, 0.3) is 23.4 Å². The number of benzene rings is 2. The van der Waals surface area contributed by atoms with Crippen LogP contribution in [-0.4, -0.2) is 45.0 Å². The third kappa shape index (κ3) is 4.17. The van der Waals surface area contributed by atoms with Crippen LogP contribution >= 0.6 is 0 Å². The van der Waals surface area contributed by atoms with E-state index in [-0.39, 0.29) is 11.3 Å². The van der Waals surface area contributed by atoms with Crippen molar-refractivity contribution in [2.24, 2.45) is 11.8 Å². The van der Waals surface area contributed by atoms with E-state index in [1.54, 1.807) is 30.3 Å². The van der Waals surface area contributed by atoms with Crippen molar-refractivity contribution in [1.82, 2.24) is 10.0 Å². The molecule has 1 aliphatic heterocycles. The standard InChI is InChI=1S/C24H21N3O6/c1-15-7-12-19-20(13-15)24(31)26(23(19)30)25(14-21(28)16-5-3-2-4-6-16)22(29)17-8-10-18(11-9-17)27(32)33/h2-11,19-20H,12-14H2,1H3/t19-,20-/m1/s1. The van der Waals surface area contributed by atoms with Gasteiger partial charge in [0.1, 0.15) is 6.54 Å². The van der Waals surface area contributed by atoms with Crippen LogP contribution in [0.1, 0.15) is 40.5 Å². The van der Waals surface area contributed by atoms with Crippen molar-refractivity contribution in [2.45, 2.75) is 19.8 Å². The summed E-state index contributed by atoms with van der Waals surface area (Å²) in [5.41, 5.74) is 1.13. The second-order valence-electron chi connectivity index (χ2n) is 8.15. The van der Waals surface area contributed by atoms with Crippen LogP contribution in [0.15, 0.2) is 66.2 Å². The smallest absolute Gasteiger partial charge is 0.273 e. The van der Waals surface area contributed by atoms with Gasteiger partial charge >= 0.3 is 0 Å². The molecule has 168 valence electrons. The molecule has 9 heteroatoms. The van der Waals surface area contributed by atoms with Gasteiger partial charge in [-0.25, -0.2) is 5.01 Å². The SMILES string of the molecule is CC1=CC[C@H]2C(=O)N(N(CC(=O)c3ccccc3)C(=O)c3ccc([N+](=O)[O-])cc3)C(=O)[C@@H]2C1. The van der Waals surface area contributed by atoms with Crippen molar-refractivity contribution in [3.63, 3.8) is 0 Å². The summed E-state index contributed by atoms with van der Waals surface area (Å²) in [6.45, 7) is 1.36. The van der Waals surface area contributed by atoms with E-state index in [4.69, 9.17) is 0 Å². The highest BCUT2D eigenvalue weighted by Crippen LogP contribution is 2.38. The fourth-order valence-corrected chi connectivity index (χ4v) is 4.22. The average Bonchev–Trinajstić information content (AvgIpc) is 3.06. The molecule has 2 aromatic carbocycles. The van der Waals surface area contributed by atoms with E-state index in [1.165, 1.54) is 12.1 Å².